The highest BCUT2D eigenvalue weighted by Gasteiger charge is 2.37. The standard InChI is InChI=1S/C20H22O7/c21-10-16-9-17(22)18(23)19(27-16)13-4-6-15(7-5-13)26-11-12-2-1-3-14(8-12)20(24)25/h1-8,16-19,21-23H,9-11H2,(H,24,25). The first-order valence-electron chi connectivity index (χ1n) is 8.65. The first kappa shape index (κ1) is 19.3. The average molecular weight is 374 g/mol. The minimum atomic E-state index is -1.07. The van der Waals surface area contributed by atoms with Crippen molar-refractivity contribution in [3.05, 3.63) is 65.2 Å². The molecular weight excluding hydrogens is 352 g/mol. The van der Waals surface area contributed by atoms with Gasteiger partial charge in [-0.05, 0) is 35.4 Å². The number of carboxylic acid groups (broad SMARTS) is 1. The summed E-state index contributed by atoms with van der Waals surface area (Å²) in [5.41, 5.74) is 1.60. The predicted octanol–water partition coefficient (Wildman–Crippen LogP) is 1.51. The van der Waals surface area contributed by atoms with E-state index in [1.807, 2.05) is 0 Å². The lowest BCUT2D eigenvalue weighted by Crippen LogP contribution is -2.44. The third-order valence-electron chi connectivity index (χ3n) is 4.54. The summed E-state index contributed by atoms with van der Waals surface area (Å²) in [5, 5.41) is 38.4. The Kier molecular flexibility index (Phi) is 6.08. The van der Waals surface area contributed by atoms with E-state index < -0.39 is 30.4 Å². The fraction of sp³-hybridized carbons (Fsp3) is 0.350. The van der Waals surface area contributed by atoms with Gasteiger partial charge in [0.05, 0.1) is 24.4 Å². The molecule has 3 rings (SSSR count). The Hall–Kier alpha value is -2.45. The van der Waals surface area contributed by atoms with E-state index >= 15 is 0 Å². The average Bonchev–Trinajstić information content (AvgIpc) is 2.69. The number of aliphatic hydroxyl groups is 3. The molecule has 144 valence electrons. The molecule has 1 heterocycles. The van der Waals surface area contributed by atoms with Crippen molar-refractivity contribution in [2.45, 2.75) is 37.4 Å². The van der Waals surface area contributed by atoms with Crippen LogP contribution in [0.5, 0.6) is 5.75 Å². The molecule has 0 aliphatic carbocycles. The zero-order valence-corrected chi connectivity index (χ0v) is 14.6. The molecular formula is C20H22O7. The Bertz CT molecular complexity index is 774. The van der Waals surface area contributed by atoms with Crippen LogP contribution in [0.1, 0.15) is 34.0 Å². The molecule has 1 aliphatic heterocycles. The summed E-state index contributed by atoms with van der Waals surface area (Å²) in [6.07, 6.45) is -3.10. The number of hydrogen-bond donors (Lipinski definition) is 4. The third-order valence-corrected chi connectivity index (χ3v) is 4.54. The lowest BCUT2D eigenvalue weighted by atomic mass is 9.93. The fourth-order valence-electron chi connectivity index (χ4n) is 3.06. The van der Waals surface area contributed by atoms with E-state index in [0.717, 1.165) is 5.56 Å². The van der Waals surface area contributed by atoms with Crippen LogP contribution < -0.4 is 4.74 Å². The van der Waals surface area contributed by atoms with Crippen molar-refractivity contribution >= 4 is 5.97 Å². The molecule has 4 atom stereocenters. The molecule has 7 heteroatoms. The highest BCUT2D eigenvalue weighted by molar-refractivity contribution is 5.87. The van der Waals surface area contributed by atoms with E-state index in [2.05, 4.69) is 0 Å². The number of benzene rings is 2. The Morgan fingerprint density at radius 2 is 1.89 bits per heavy atom. The summed E-state index contributed by atoms with van der Waals surface area (Å²) in [7, 11) is 0. The lowest BCUT2D eigenvalue weighted by Gasteiger charge is -2.36. The Morgan fingerprint density at radius 1 is 1.15 bits per heavy atom. The molecule has 4 unspecified atom stereocenters. The normalized spacial score (nSPS) is 25.1. The first-order chi connectivity index (χ1) is 13.0. The SMILES string of the molecule is O=C(O)c1cccc(COc2ccc(C3OC(CO)CC(O)C3O)cc2)c1. The second kappa shape index (κ2) is 8.49. The van der Waals surface area contributed by atoms with Crippen molar-refractivity contribution in [3.8, 4) is 5.75 Å². The third kappa shape index (κ3) is 4.64. The molecule has 0 saturated carbocycles. The quantitative estimate of drug-likeness (QED) is 0.605. The van der Waals surface area contributed by atoms with Crippen LogP contribution in [0.15, 0.2) is 48.5 Å². The van der Waals surface area contributed by atoms with Crippen LogP contribution in [-0.2, 0) is 11.3 Å². The monoisotopic (exact) mass is 374 g/mol. The van der Waals surface area contributed by atoms with E-state index in [0.29, 0.717) is 11.3 Å². The van der Waals surface area contributed by atoms with Gasteiger partial charge in [-0.3, -0.25) is 0 Å². The van der Waals surface area contributed by atoms with Gasteiger partial charge in [0.1, 0.15) is 24.6 Å². The molecule has 0 radical (unpaired) electrons. The second-order valence-corrected chi connectivity index (χ2v) is 6.52. The summed E-state index contributed by atoms with van der Waals surface area (Å²) in [6.45, 7) is -0.00873. The number of carbonyl (C=O) groups is 1. The smallest absolute Gasteiger partial charge is 0.335 e. The predicted molar refractivity (Wildman–Crippen MR) is 95.5 cm³/mol. The van der Waals surface area contributed by atoms with Gasteiger partial charge in [-0.15, -0.1) is 0 Å². The maximum atomic E-state index is 11.0. The Morgan fingerprint density at radius 3 is 2.56 bits per heavy atom. The summed E-state index contributed by atoms with van der Waals surface area (Å²) >= 11 is 0. The van der Waals surface area contributed by atoms with Crippen LogP contribution in [0.3, 0.4) is 0 Å². The van der Waals surface area contributed by atoms with Crippen LogP contribution in [-0.4, -0.2) is 51.3 Å². The van der Waals surface area contributed by atoms with Crippen molar-refractivity contribution in [2.75, 3.05) is 6.61 Å². The largest absolute Gasteiger partial charge is 0.489 e. The van der Waals surface area contributed by atoms with Gasteiger partial charge in [-0.25, -0.2) is 4.79 Å². The van der Waals surface area contributed by atoms with Gasteiger partial charge in [0.15, 0.2) is 0 Å². The van der Waals surface area contributed by atoms with Crippen LogP contribution in [0, 0.1) is 0 Å². The Balaban J connectivity index is 1.65. The zero-order chi connectivity index (χ0) is 19.4. The second-order valence-electron chi connectivity index (χ2n) is 6.52. The van der Waals surface area contributed by atoms with Crippen LogP contribution in [0.25, 0.3) is 0 Å². The van der Waals surface area contributed by atoms with Gasteiger partial charge in [-0.2, -0.15) is 0 Å². The molecule has 27 heavy (non-hydrogen) atoms. The molecule has 1 saturated heterocycles. The van der Waals surface area contributed by atoms with E-state index in [1.165, 1.54) is 6.07 Å². The van der Waals surface area contributed by atoms with Gasteiger partial charge in [-0.1, -0.05) is 24.3 Å². The van der Waals surface area contributed by atoms with Gasteiger partial charge in [0.2, 0.25) is 0 Å². The first-order valence-corrected chi connectivity index (χ1v) is 8.65. The molecule has 2 aromatic carbocycles. The van der Waals surface area contributed by atoms with E-state index in [-0.39, 0.29) is 25.2 Å². The fourth-order valence-corrected chi connectivity index (χ4v) is 3.06. The maximum absolute atomic E-state index is 11.0. The van der Waals surface area contributed by atoms with E-state index in [4.69, 9.17) is 14.6 Å². The van der Waals surface area contributed by atoms with Crippen molar-refractivity contribution < 1.29 is 34.7 Å². The summed E-state index contributed by atoms with van der Waals surface area (Å²) in [5.74, 6) is -0.417. The van der Waals surface area contributed by atoms with E-state index in [1.54, 1.807) is 42.5 Å². The molecule has 1 fully saturated rings. The van der Waals surface area contributed by atoms with Gasteiger partial charge < -0.3 is 29.9 Å². The zero-order valence-electron chi connectivity index (χ0n) is 14.6. The molecule has 1 aliphatic rings. The molecule has 0 bridgehead atoms. The number of carboxylic acids is 1. The van der Waals surface area contributed by atoms with Crippen molar-refractivity contribution in [1.29, 1.82) is 0 Å². The molecule has 0 amide bonds. The number of aromatic carboxylic acids is 1. The van der Waals surface area contributed by atoms with Crippen LogP contribution in [0.2, 0.25) is 0 Å². The topological polar surface area (TPSA) is 116 Å². The number of aliphatic hydroxyl groups excluding tert-OH is 3. The van der Waals surface area contributed by atoms with Gasteiger partial charge in [0, 0.05) is 6.42 Å². The van der Waals surface area contributed by atoms with Crippen LogP contribution >= 0.6 is 0 Å². The summed E-state index contributed by atoms with van der Waals surface area (Å²) < 4.78 is 11.3. The lowest BCUT2D eigenvalue weighted by molar-refractivity contribution is -0.179. The number of ether oxygens (including phenoxy) is 2. The van der Waals surface area contributed by atoms with E-state index in [9.17, 15) is 20.1 Å². The number of rotatable bonds is 6. The Labute approximate surface area is 156 Å². The molecule has 0 spiro atoms. The highest BCUT2D eigenvalue weighted by atomic mass is 16.5. The van der Waals surface area contributed by atoms with Crippen molar-refractivity contribution in [1.82, 2.24) is 0 Å². The molecule has 2 aromatic rings. The molecule has 0 aromatic heterocycles. The molecule has 4 N–H and O–H groups in total. The molecule has 7 nitrogen and oxygen atoms in total. The number of hydrogen-bond acceptors (Lipinski definition) is 6. The van der Waals surface area contributed by atoms with Crippen molar-refractivity contribution in [2.24, 2.45) is 0 Å². The highest BCUT2D eigenvalue weighted by Crippen LogP contribution is 2.32. The minimum Gasteiger partial charge on any atom is -0.489 e. The van der Waals surface area contributed by atoms with Crippen molar-refractivity contribution in [3.63, 3.8) is 0 Å². The van der Waals surface area contributed by atoms with Gasteiger partial charge in [0.25, 0.3) is 0 Å². The summed E-state index contributed by atoms with van der Waals surface area (Å²) in [4.78, 5) is 11.0. The van der Waals surface area contributed by atoms with Crippen LogP contribution in [0.4, 0.5) is 0 Å². The maximum Gasteiger partial charge on any atom is 0.335 e. The van der Waals surface area contributed by atoms with Gasteiger partial charge >= 0.3 is 5.97 Å². The summed E-state index contributed by atoms with van der Waals surface area (Å²) in [6, 6.07) is 13.4. The minimum absolute atomic E-state index is 0.185.